The number of amides is 1. The van der Waals surface area contributed by atoms with Crippen molar-refractivity contribution in [3.8, 4) is 5.75 Å². The number of likely N-dealkylation sites (N-methyl/N-ethyl adjacent to an activating group) is 1. The second-order valence-electron chi connectivity index (χ2n) is 6.95. The number of aliphatic imine (C=N–C) groups is 1. The zero-order valence-electron chi connectivity index (χ0n) is 18.0. The number of carbonyl (C=O) groups excluding carboxylic acids is 1. The largest absolute Gasteiger partial charge is 0.484 e. The van der Waals surface area contributed by atoms with Crippen LogP contribution in [-0.2, 0) is 11.3 Å². The maximum atomic E-state index is 11.6. The molecule has 0 aliphatic heterocycles. The third kappa shape index (κ3) is 10.7. The molecule has 7 heteroatoms. The van der Waals surface area contributed by atoms with Crippen molar-refractivity contribution in [1.29, 1.82) is 0 Å². The number of unbranched alkanes of at least 4 members (excludes halogenated alkanes) is 1. The van der Waals surface area contributed by atoms with Crippen molar-refractivity contribution in [1.82, 2.24) is 15.5 Å². The highest BCUT2D eigenvalue weighted by atomic mass is 127. The van der Waals surface area contributed by atoms with Gasteiger partial charge >= 0.3 is 0 Å². The van der Waals surface area contributed by atoms with E-state index in [1.54, 1.807) is 21.1 Å². The Balaban J connectivity index is 0.00000729. The predicted molar refractivity (Wildman–Crippen MR) is 128 cm³/mol. The van der Waals surface area contributed by atoms with Crippen molar-refractivity contribution in [2.75, 3.05) is 34.3 Å². The fourth-order valence-corrected chi connectivity index (χ4v) is 2.61. The fraction of sp³-hybridized carbons (Fsp3) is 0.619. The normalized spacial score (nSPS) is 12.0. The van der Waals surface area contributed by atoms with Gasteiger partial charge in [-0.15, -0.1) is 24.0 Å². The zero-order chi connectivity index (χ0) is 20.1. The van der Waals surface area contributed by atoms with Gasteiger partial charge in [0.1, 0.15) is 5.75 Å². The number of nitrogens with zero attached hydrogens (tertiary/aromatic N) is 2. The van der Waals surface area contributed by atoms with Crippen LogP contribution in [0.2, 0.25) is 0 Å². The van der Waals surface area contributed by atoms with E-state index in [0.717, 1.165) is 18.1 Å². The summed E-state index contributed by atoms with van der Waals surface area (Å²) in [7, 11) is 5.22. The van der Waals surface area contributed by atoms with E-state index in [1.807, 2.05) is 24.3 Å². The lowest BCUT2D eigenvalue weighted by Crippen LogP contribution is -2.39. The summed E-state index contributed by atoms with van der Waals surface area (Å²) in [6.07, 6.45) is 4.94. The molecule has 0 aromatic heterocycles. The molecule has 0 saturated carbocycles. The highest BCUT2D eigenvalue weighted by Crippen LogP contribution is 2.13. The lowest BCUT2D eigenvalue weighted by Gasteiger charge is -2.18. The van der Waals surface area contributed by atoms with Gasteiger partial charge in [-0.2, -0.15) is 0 Å². The molecule has 0 aliphatic rings. The van der Waals surface area contributed by atoms with E-state index >= 15 is 0 Å². The summed E-state index contributed by atoms with van der Waals surface area (Å²) in [6, 6.07) is 7.76. The summed E-state index contributed by atoms with van der Waals surface area (Å²) in [5, 5.41) is 6.76. The lowest BCUT2D eigenvalue weighted by atomic mass is 9.99. The van der Waals surface area contributed by atoms with Crippen molar-refractivity contribution in [3.05, 3.63) is 29.8 Å². The molecule has 0 heterocycles. The lowest BCUT2D eigenvalue weighted by molar-refractivity contribution is -0.130. The van der Waals surface area contributed by atoms with E-state index in [4.69, 9.17) is 4.74 Å². The van der Waals surface area contributed by atoms with Gasteiger partial charge in [-0.1, -0.05) is 45.2 Å². The van der Waals surface area contributed by atoms with Gasteiger partial charge in [-0.25, -0.2) is 0 Å². The smallest absolute Gasteiger partial charge is 0.259 e. The van der Waals surface area contributed by atoms with Gasteiger partial charge < -0.3 is 20.3 Å². The minimum Gasteiger partial charge on any atom is -0.484 e. The predicted octanol–water partition coefficient (Wildman–Crippen LogP) is 3.65. The van der Waals surface area contributed by atoms with Crippen LogP contribution in [0.25, 0.3) is 0 Å². The third-order valence-corrected chi connectivity index (χ3v) is 4.54. The van der Waals surface area contributed by atoms with E-state index in [0.29, 0.717) is 18.2 Å². The number of nitrogens with one attached hydrogen (secondary N) is 2. The third-order valence-electron chi connectivity index (χ3n) is 4.54. The standard InChI is InChI=1S/C21H36N4O2.HI/c1-6-8-10-17(7-2)14-23-21(22-3)24-15-18-11-9-12-19(13-18)27-16-20(26)25(4)5;/h9,11-13,17H,6-8,10,14-16H2,1-5H3,(H2,22,23,24);1H. The summed E-state index contributed by atoms with van der Waals surface area (Å²) >= 11 is 0. The number of benzene rings is 1. The number of guanidine groups is 1. The SMILES string of the molecule is CCCCC(CC)CNC(=NC)NCc1cccc(OCC(=O)N(C)C)c1.I. The Morgan fingerprint density at radius 1 is 1.25 bits per heavy atom. The topological polar surface area (TPSA) is 66.0 Å². The van der Waals surface area contributed by atoms with Crippen LogP contribution in [0.15, 0.2) is 29.3 Å². The highest BCUT2D eigenvalue weighted by molar-refractivity contribution is 14.0. The molecule has 0 aliphatic carbocycles. The average Bonchev–Trinajstić information content (AvgIpc) is 2.68. The van der Waals surface area contributed by atoms with Gasteiger partial charge in [0.25, 0.3) is 5.91 Å². The maximum Gasteiger partial charge on any atom is 0.259 e. The number of ether oxygens (including phenoxy) is 1. The molecule has 1 rings (SSSR count). The Hall–Kier alpha value is -1.51. The van der Waals surface area contributed by atoms with Crippen molar-refractivity contribution >= 4 is 35.8 Å². The van der Waals surface area contributed by atoms with Gasteiger partial charge in [-0.3, -0.25) is 9.79 Å². The molecule has 0 fully saturated rings. The highest BCUT2D eigenvalue weighted by Gasteiger charge is 2.08. The van der Waals surface area contributed by atoms with Crippen LogP contribution in [0.1, 0.15) is 45.1 Å². The Morgan fingerprint density at radius 3 is 2.61 bits per heavy atom. The number of halogens is 1. The second-order valence-corrected chi connectivity index (χ2v) is 6.95. The summed E-state index contributed by atoms with van der Waals surface area (Å²) in [5.41, 5.74) is 1.07. The summed E-state index contributed by atoms with van der Waals surface area (Å²) < 4.78 is 5.57. The molecule has 2 N–H and O–H groups in total. The molecule has 160 valence electrons. The second kappa shape index (κ2) is 15.4. The minimum absolute atomic E-state index is 0. The van der Waals surface area contributed by atoms with Crippen LogP contribution in [-0.4, -0.2) is 51.1 Å². The van der Waals surface area contributed by atoms with Gasteiger partial charge in [-0.05, 0) is 30.0 Å². The Bertz CT molecular complexity index is 594. The van der Waals surface area contributed by atoms with E-state index in [-0.39, 0.29) is 36.5 Å². The summed E-state index contributed by atoms with van der Waals surface area (Å²) in [5.74, 6) is 2.11. The van der Waals surface area contributed by atoms with Crippen molar-refractivity contribution < 1.29 is 9.53 Å². The molecule has 0 spiro atoms. The first-order chi connectivity index (χ1) is 13.0. The van der Waals surface area contributed by atoms with E-state index in [9.17, 15) is 4.79 Å². The molecule has 28 heavy (non-hydrogen) atoms. The Morgan fingerprint density at radius 2 is 2.00 bits per heavy atom. The average molecular weight is 504 g/mol. The Kier molecular flexibility index (Phi) is 14.6. The molecule has 0 radical (unpaired) electrons. The molecule has 1 atom stereocenters. The monoisotopic (exact) mass is 504 g/mol. The first kappa shape index (κ1) is 26.5. The zero-order valence-corrected chi connectivity index (χ0v) is 20.3. The fourth-order valence-electron chi connectivity index (χ4n) is 2.61. The van der Waals surface area contributed by atoms with Crippen molar-refractivity contribution in [2.24, 2.45) is 10.9 Å². The van der Waals surface area contributed by atoms with E-state index < -0.39 is 0 Å². The number of hydrogen-bond donors (Lipinski definition) is 2. The van der Waals surface area contributed by atoms with Gasteiger partial charge in [0.2, 0.25) is 0 Å². The molecule has 1 unspecified atom stereocenters. The minimum atomic E-state index is -0.0586. The molecular formula is C21H37IN4O2. The number of hydrogen-bond acceptors (Lipinski definition) is 3. The summed E-state index contributed by atoms with van der Waals surface area (Å²) in [4.78, 5) is 17.5. The van der Waals surface area contributed by atoms with Crippen LogP contribution < -0.4 is 15.4 Å². The molecule has 1 amide bonds. The van der Waals surface area contributed by atoms with E-state index in [2.05, 4.69) is 29.5 Å². The summed E-state index contributed by atoms with van der Waals surface area (Å²) in [6.45, 7) is 6.10. The first-order valence-electron chi connectivity index (χ1n) is 9.86. The molecule has 0 saturated heterocycles. The van der Waals surface area contributed by atoms with Gasteiger partial charge in [0.05, 0.1) is 0 Å². The maximum absolute atomic E-state index is 11.6. The van der Waals surface area contributed by atoms with Crippen LogP contribution in [0, 0.1) is 5.92 Å². The van der Waals surface area contributed by atoms with Crippen molar-refractivity contribution in [3.63, 3.8) is 0 Å². The van der Waals surface area contributed by atoms with Crippen molar-refractivity contribution in [2.45, 2.75) is 46.1 Å². The van der Waals surface area contributed by atoms with Gasteiger partial charge in [0, 0.05) is 34.2 Å². The molecule has 0 bridgehead atoms. The van der Waals surface area contributed by atoms with Gasteiger partial charge in [0.15, 0.2) is 12.6 Å². The molecular weight excluding hydrogens is 467 g/mol. The van der Waals surface area contributed by atoms with Crippen LogP contribution in [0.4, 0.5) is 0 Å². The van der Waals surface area contributed by atoms with Crippen LogP contribution >= 0.6 is 24.0 Å². The molecule has 1 aromatic rings. The van der Waals surface area contributed by atoms with E-state index in [1.165, 1.54) is 30.6 Å². The Labute approximate surface area is 187 Å². The van der Waals surface area contributed by atoms with Crippen LogP contribution in [0.3, 0.4) is 0 Å². The number of rotatable bonds is 11. The quantitative estimate of drug-likeness (QED) is 0.274. The van der Waals surface area contributed by atoms with Crippen LogP contribution in [0.5, 0.6) is 5.75 Å². The molecule has 6 nitrogen and oxygen atoms in total. The first-order valence-corrected chi connectivity index (χ1v) is 9.86. The molecule has 1 aromatic carbocycles. The number of carbonyl (C=O) groups is 1.